The molecule has 5 nitrogen and oxygen atoms in total. The summed E-state index contributed by atoms with van der Waals surface area (Å²) >= 11 is 0. The summed E-state index contributed by atoms with van der Waals surface area (Å²) in [7, 11) is 2.02. The van der Waals surface area contributed by atoms with Crippen molar-refractivity contribution in [3.8, 4) is 0 Å². The molecule has 4 rings (SSSR count). The Balaban J connectivity index is 1.47. The lowest BCUT2D eigenvalue weighted by Crippen LogP contribution is -2.42. The number of aromatic nitrogens is 2. The third kappa shape index (κ3) is 3.31. The summed E-state index contributed by atoms with van der Waals surface area (Å²) in [6.07, 6.45) is 2.35. The molecular weight excluding hydrogens is 326 g/mol. The van der Waals surface area contributed by atoms with Gasteiger partial charge in [-0.05, 0) is 32.3 Å². The summed E-state index contributed by atoms with van der Waals surface area (Å²) in [5, 5.41) is 4.56. The summed E-state index contributed by atoms with van der Waals surface area (Å²) in [6, 6.07) is 10.4. The van der Waals surface area contributed by atoms with Crippen molar-refractivity contribution >= 4 is 0 Å². The van der Waals surface area contributed by atoms with Gasteiger partial charge < -0.3 is 9.47 Å². The van der Waals surface area contributed by atoms with Crippen molar-refractivity contribution in [2.24, 2.45) is 7.05 Å². The van der Waals surface area contributed by atoms with Crippen LogP contribution in [0.25, 0.3) is 0 Å². The van der Waals surface area contributed by atoms with Crippen LogP contribution in [-0.2, 0) is 29.7 Å². The minimum absolute atomic E-state index is 0.127. The predicted molar refractivity (Wildman–Crippen MR) is 101 cm³/mol. The summed E-state index contributed by atoms with van der Waals surface area (Å²) in [4.78, 5) is 2.48. The van der Waals surface area contributed by atoms with E-state index in [-0.39, 0.29) is 11.7 Å². The average molecular weight is 355 g/mol. The Bertz CT molecular complexity index is 750. The molecule has 2 aliphatic heterocycles. The van der Waals surface area contributed by atoms with Crippen molar-refractivity contribution in [2.75, 3.05) is 19.7 Å². The number of ether oxygens (including phenoxy) is 2. The van der Waals surface area contributed by atoms with Crippen molar-refractivity contribution in [3.05, 3.63) is 52.8 Å². The molecular formula is C21H29N3O2. The van der Waals surface area contributed by atoms with Crippen LogP contribution in [0.5, 0.6) is 0 Å². The first-order valence-corrected chi connectivity index (χ1v) is 9.58. The van der Waals surface area contributed by atoms with Crippen LogP contribution in [0.3, 0.4) is 0 Å². The summed E-state index contributed by atoms with van der Waals surface area (Å²) in [5.41, 5.74) is 4.79. The number of nitrogens with zero attached hydrogens (tertiary/aromatic N) is 3. The van der Waals surface area contributed by atoms with Crippen molar-refractivity contribution < 1.29 is 9.47 Å². The van der Waals surface area contributed by atoms with Crippen molar-refractivity contribution in [3.63, 3.8) is 0 Å². The minimum Gasteiger partial charge on any atom is -0.371 e. The highest BCUT2D eigenvalue weighted by Gasteiger charge is 2.50. The number of hydrogen-bond acceptors (Lipinski definition) is 4. The van der Waals surface area contributed by atoms with Gasteiger partial charge in [-0.2, -0.15) is 5.10 Å². The average Bonchev–Trinajstić information content (AvgIpc) is 3.31. The first-order valence-electron chi connectivity index (χ1n) is 9.58. The largest absolute Gasteiger partial charge is 0.371 e. The second kappa shape index (κ2) is 7.14. The van der Waals surface area contributed by atoms with Gasteiger partial charge in [0.05, 0.1) is 12.3 Å². The second-order valence-electron chi connectivity index (χ2n) is 7.74. The smallest absolute Gasteiger partial charge is 0.108 e. The highest BCUT2D eigenvalue weighted by molar-refractivity contribution is 5.24. The molecule has 0 bridgehead atoms. The lowest BCUT2D eigenvalue weighted by Gasteiger charge is -2.29. The lowest BCUT2D eigenvalue weighted by atomic mass is 9.96. The van der Waals surface area contributed by atoms with Gasteiger partial charge in [0.1, 0.15) is 11.7 Å². The quantitative estimate of drug-likeness (QED) is 0.827. The monoisotopic (exact) mass is 355 g/mol. The Morgan fingerprint density at radius 3 is 2.73 bits per heavy atom. The van der Waals surface area contributed by atoms with Crippen LogP contribution in [0, 0.1) is 13.8 Å². The molecule has 0 unspecified atom stereocenters. The zero-order valence-electron chi connectivity index (χ0n) is 16.1. The predicted octanol–water partition coefficient (Wildman–Crippen LogP) is 2.99. The topological polar surface area (TPSA) is 39.5 Å². The van der Waals surface area contributed by atoms with E-state index in [0.29, 0.717) is 6.61 Å². The minimum atomic E-state index is -0.140. The summed E-state index contributed by atoms with van der Waals surface area (Å²) < 4.78 is 14.6. The molecule has 0 N–H and O–H groups in total. The Labute approximate surface area is 155 Å². The van der Waals surface area contributed by atoms with E-state index in [1.165, 1.54) is 16.8 Å². The van der Waals surface area contributed by atoms with Crippen molar-refractivity contribution in [2.45, 2.75) is 51.5 Å². The van der Waals surface area contributed by atoms with Crippen LogP contribution in [-0.4, -0.2) is 46.1 Å². The van der Waals surface area contributed by atoms with E-state index in [2.05, 4.69) is 48.1 Å². The van der Waals surface area contributed by atoms with Gasteiger partial charge in [0.15, 0.2) is 0 Å². The molecule has 2 fully saturated rings. The van der Waals surface area contributed by atoms with E-state index < -0.39 is 0 Å². The molecule has 0 saturated carbocycles. The van der Waals surface area contributed by atoms with Crippen molar-refractivity contribution in [1.29, 1.82) is 0 Å². The molecule has 2 saturated heterocycles. The van der Waals surface area contributed by atoms with Crippen LogP contribution < -0.4 is 0 Å². The fraction of sp³-hybridized carbons (Fsp3) is 0.571. The summed E-state index contributed by atoms with van der Waals surface area (Å²) in [6.45, 7) is 8.53. The third-order valence-electron chi connectivity index (χ3n) is 5.97. The van der Waals surface area contributed by atoms with Crippen molar-refractivity contribution in [1.82, 2.24) is 14.7 Å². The normalized spacial score (nSPS) is 26.2. The maximum Gasteiger partial charge on any atom is 0.108 e. The van der Waals surface area contributed by atoms with Crippen LogP contribution in [0.4, 0.5) is 0 Å². The molecule has 0 radical (unpaired) electrons. The molecule has 1 spiro atoms. The Morgan fingerprint density at radius 1 is 1.27 bits per heavy atom. The molecule has 2 aliphatic rings. The first kappa shape index (κ1) is 17.7. The van der Waals surface area contributed by atoms with Gasteiger partial charge >= 0.3 is 0 Å². The van der Waals surface area contributed by atoms with Crippen LogP contribution >= 0.6 is 0 Å². The van der Waals surface area contributed by atoms with E-state index in [1.807, 2.05) is 17.8 Å². The van der Waals surface area contributed by atoms with Gasteiger partial charge in [-0.1, -0.05) is 30.3 Å². The van der Waals surface area contributed by atoms with Crippen LogP contribution in [0.15, 0.2) is 30.3 Å². The Kier molecular flexibility index (Phi) is 4.86. The van der Waals surface area contributed by atoms with Gasteiger partial charge in [-0.15, -0.1) is 0 Å². The first-order chi connectivity index (χ1) is 12.6. The van der Waals surface area contributed by atoms with E-state index in [1.54, 1.807) is 0 Å². The molecule has 1 aromatic carbocycles. The summed E-state index contributed by atoms with van der Waals surface area (Å²) in [5.74, 6) is 0. The molecule has 140 valence electrons. The van der Waals surface area contributed by atoms with E-state index in [4.69, 9.17) is 9.47 Å². The van der Waals surface area contributed by atoms with Gasteiger partial charge in [0.25, 0.3) is 0 Å². The molecule has 0 amide bonds. The highest BCUT2D eigenvalue weighted by atomic mass is 16.6. The van der Waals surface area contributed by atoms with E-state index in [0.717, 1.165) is 44.8 Å². The zero-order chi connectivity index (χ0) is 18.1. The molecule has 1 aromatic heterocycles. The van der Waals surface area contributed by atoms with Gasteiger partial charge in [0.2, 0.25) is 0 Å². The lowest BCUT2D eigenvalue weighted by molar-refractivity contribution is -0.0959. The second-order valence-corrected chi connectivity index (χ2v) is 7.74. The number of benzene rings is 1. The number of likely N-dealkylation sites (tertiary alicyclic amines) is 1. The maximum absolute atomic E-state index is 6.37. The fourth-order valence-corrected chi connectivity index (χ4v) is 4.41. The molecule has 2 aromatic rings. The highest BCUT2D eigenvalue weighted by Crippen LogP contribution is 2.38. The Hall–Kier alpha value is -1.69. The van der Waals surface area contributed by atoms with Gasteiger partial charge in [0, 0.05) is 44.5 Å². The molecule has 26 heavy (non-hydrogen) atoms. The van der Waals surface area contributed by atoms with Crippen LogP contribution in [0.1, 0.15) is 35.4 Å². The van der Waals surface area contributed by atoms with Crippen LogP contribution in [0.2, 0.25) is 0 Å². The Morgan fingerprint density at radius 2 is 2.08 bits per heavy atom. The molecule has 2 atom stereocenters. The number of aryl methyl sites for hydroxylation is 2. The molecule has 3 heterocycles. The van der Waals surface area contributed by atoms with Gasteiger partial charge in [-0.3, -0.25) is 9.58 Å². The van der Waals surface area contributed by atoms with Gasteiger partial charge in [-0.25, -0.2) is 0 Å². The SMILES string of the molecule is Cc1nn(C)c(C)c1CN1C[C@H](OCc2ccccc2)[C@]2(CCCO2)C1. The number of hydrogen-bond donors (Lipinski definition) is 0. The third-order valence-corrected chi connectivity index (χ3v) is 5.97. The fourth-order valence-electron chi connectivity index (χ4n) is 4.41. The van der Waals surface area contributed by atoms with E-state index >= 15 is 0 Å². The van der Waals surface area contributed by atoms with E-state index in [9.17, 15) is 0 Å². The molecule has 0 aliphatic carbocycles. The zero-order valence-corrected chi connectivity index (χ0v) is 16.1. The standard InChI is InChI=1S/C21H29N3O2/c1-16-19(17(2)23(3)22-16)12-24-13-20(21(15-24)10-7-11-26-21)25-14-18-8-5-4-6-9-18/h4-6,8-9,20H,7,10-15H2,1-3H3/t20-,21-/m0/s1. The maximum atomic E-state index is 6.37. The molecule has 5 heteroatoms. The number of rotatable bonds is 5.